The predicted molar refractivity (Wildman–Crippen MR) is 109 cm³/mol. The molecule has 0 bridgehead atoms. The maximum absolute atomic E-state index is 12.9. The van der Waals surface area contributed by atoms with Gasteiger partial charge in [0.15, 0.2) is 0 Å². The van der Waals surface area contributed by atoms with E-state index in [0.29, 0.717) is 16.7 Å². The summed E-state index contributed by atoms with van der Waals surface area (Å²) in [4.78, 5) is 24.4. The molecule has 1 atom stereocenters. The highest BCUT2D eigenvalue weighted by molar-refractivity contribution is 6.06. The molecule has 3 N–H and O–H groups in total. The smallest absolute Gasteiger partial charge is 0.337 e. The Balaban J connectivity index is 1.94. The molecule has 0 aliphatic heterocycles. The van der Waals surface area contributed by atoms with Crippen molar-refractivity contribution in [2.75, 3.05) is 5.32 Å². The van der Waals surface area contributed by atoms with E-state index in [1.54, 1.807) is 42.1 Å². The Labute approximate surface area is 160 Å². The van der Waals surface area contributed by atoms with Gasteiger partial charge >= 0.3 is 5.97 Å². The number of carboxylic acids is 1. The first-order valence-electron chi connectivity index (χ1n) is 8.93. The molecule has 0 amide bonds. The highest BCUT2D eigenvalue weighted by Gasteiger charge is 2.19. The second-order valence-electron chi connectivity index (χ2n) is 6.99. The van der Waals surface area contributed by atoms with Crippen molar-refractivity contribution in [1.82, 2.24) is 14.8 Å². The fourth-order valence-corrected chi connectivity index (χ4v) is 3.73. The van der Waals surface area contributed by atoms with Crippen molar-refractivity contribution in [3.05, 3.63) is 69.6 Å². The lowest BCUT2D eigenvalue weighted by atomic mass is 9.95. The minimum atomic E-state index is -0.990. The van der Waals surface area contributed by atoms with E-state index in [2.05, 4.69) is 15.5 Å². The van der Waals surface area contributed by atoms with Gasteiger partial charge in [-0.25, -0.2) is 4.79 Å². The fourth-order valence-electron chi connectivity index (χ4n) is 3.73. The molecular weight excluding hydrogens is 356 g/mol. The van der Waals surface area contributed by atoms with Crippen LogP contribution in [-0.4, -0.2) is 25.8 Å². The SMILES string of the molecule is Cc1cc(C(C)Nc2ccccc2C(=O)O)c2c(c1)c(=O)n(C)c1[nH]ncc21. The first-order chi connectivity index (χ1) is 13.4. The molecule has 28 heavy (non-hydrogen) atoms. The molecule has 2 heterocycles. The molecule has 4 aromatic rings. The van der Waals surface area contributed by atoms with Crippen LogP contribution in [0.3, 0.4) is 0 Å². The fraction of sp³-hybridized carbons (Fsp3) is 0.190. The summed E-state index contributed by atoms with van der Waals surface area (Å²) in [5.41, 5.74) is 3.16. The van der Waals surface area contributed by atoms with Gasteiger partial charge in [0.1, 0.15) is 5.65 Å². The Kier molecular flexibility index (Phi) is 4.15. The number of pyridine rings is 1. The number of aryl methyl sites for hydroxylation is 2. The Morgan fingerprint density at radius 1 is 1.25 bits per heavy atom. The third-order valence-corrected chi connectivity index (χ3v) is 5.07. The summed E-state index contributed by atoms with van der Waals surface area (Å²) >= 11 is 0. The first kappa shape index (κ1) is 17.8. The van der Waals surface area contributed by atoms with E-state index >= 15 is 0 Å². The number of hydrogen-bond acceptors (Lipinski definition) is 4. The molecule has 2 aromatic carbocycles. The van der Waals surface area contributed by atoms with Crippen LogP contribution in [0.5, 0.6) is 0 Å². The van der Waals surface area contributed by atoms with Crippen LogP contribution in [-0.2, 0) is 7.05 Å². The maximum Gasteiger partial charge on any atom is 0.337 e. The van der Waals surface area contributed by atoms with Crippen LogP contribution in [0.1, 0.15) is 34.5 Å². The van der Waals surface area contributed by atoms with Gasteiger partial charge in [0.25, 0.3) is 5.56 Å². The number of fused-ring (bicyclic) bond motifs is 3. The monoisotopic (exact) mass is 376 g/mol. The van der Waals surface area contributed by atoms with Gasteiger partial charge in [0, 0.05) is 34.9 Å². The summed E-state index contributed by atoms with van der Waals surface area (Å²) in [6, 6.07) is 10.5. The van der Waals surface area contributed by atoms with Gasteiger partial charge in [-0.2, -0.15) is 5.10 Å². The molecule has 7 heteroatoms. The van der Waals surface area contributed by atoms with Crippen molar-refractivity contribution in [2.24, 2.45) is 7.05 Å². The van der Waals surface area contributed by atoms with Crippen LogP contribution in [0, 0.1) is 6.92 Å². The lowest BCUT2D eigenvalue weighted by molar-refractivity contribution is 0.0698. The number of benzene rings is 2. The van der Waals surface area contributed by atoms with Crippen molar-refractivity contribution in [3.8, 4) is 0 Å². The number of H-pyrrole nitrogens is 1. The summed E-state index contributed by atoms with van der Waals surface area (Å²) in [6.45, 7) is 3.90. The standard InChI is InChI=1S/C21H20N4O3/c1-11-8-14(12(2)23-17-7-5-4-6-13(17)21(27)28)18-15(9-11)20(26)25(3)19-16(18)10-22-24-19/h4-10,12,23H,1-3H3,(H,22,24)(H,27,28). The largest absolute Gasteiger partial charge is 0.478 e. The summed E-state index contributed by atoms with van der Waals surface area (Å²) in [7, 11) is 1.72. The van der Waals surface area contributed by atoms with Crippen molar-refractivity contribution in [3.63, 3.8) is 0 Å². The molecule has 0 spiro atoms. The third-order valence-electron chi connectivity index (χ3n) is 5.07. The third kappa shape index (κ3) is 2.72. The first-order valence-corrected chi connectivity index (χ1v) is 8.93. The average Bonchev–Trinajstić information content (AvgIpc) is 3.15. The number of aromatic nitrogens is 3. The topological polar surface area (TPSA) is 100 Å². The van der Waals surface area contributed by atoms with Crippen molar-refractivity contribution < 1.29 is 9.90 Å². The molecule has 2 aromatic heterocycles. The zero-order chi connectivity index (χ0) is 20.0. The Morgan fingerprint density at radius 2 is 2.00 bits per heavy atom. The molecule has 0 aliphatic rings. The Bertz CT molecular complexity index is 1290. The summed E-state index contributed by atoms with van der Waals surface area (Å²) in [5.74, 6) is -0.990. The number of anilines is 1. The number of aromatic carboxylic acids is 1. The Morgan fingerprint density at radius 3 is 2.75 bits per heavy atom. The predicted octanol–water partition coefficient (Wildman–Crippen LogP) is 3.59. The minimum absolute atomic E-state index is 0.102. The van der Waals surface area contributed by atoms with E-state index < -0.39 is 5.97 Å². The molecule has 0 aliphatic carbocycles. The molecule has 1 unspecified atom stereocenters. The number of rotatable bonds is 4. The average molecular weight is 376 g/mol. The number of nitrogens with zero attached hydrogens (tertiary/aromatic N) is 2. The zero-order valence-corrected chi connectivity index (χ0v) is 15.8. The second kappa shape index (κ2) is 6.53. The van der Waals surface area contributed by atoms with Crippen molar-refractivity contribution in [1.29, 1.82) is 0 Å². The van der Waals surface area contributed by atoms with Gasteiger partial charge in [-0.3, -0.25) is 14.5 Å². The van der Waals surface area contributed by atoms with Crippen LogP contribution >= 0.6 is 0 Å². The number of para-hydroxylation sites is 1. The second-order valence-corrected chi connectivity index (χ2v) is 6.99. The number of carboxylic acid groups (broad SMARTS) is 1. The minimum Gasteiger partial charge on any atom is -0.478 e. The summed E-state index contributed by atoms with van der Waals surface area (Å²) in [5, 5.41) is 22.0. The van der Waals surface area contributed by atoms with Crippen molar-refractivity contribution >= 4 is 33.5 Å². The van der Waals surface area contributed by atoms with E-state index in [0.717, 1.165) is 21.9 Å². The molecule has 0 fully saturated rings. The maximum atomic E-state index is 12.9. The molecule has 7 nitrogen and oxygen atoms in total. The van der Waals surface area contributed by atoms with E-state index in [-0.39, 0.29) is 17.2 Å². The highest BCUT2D eigenvalue weighted by Crippen LogP contribution is 2.32. The van der Waals surface area contributed by atoms with Crippen LogP contribution < -0.4 is 10.9 Å². The van der Waals surface area contributed by atoms with E-state index in [4.69, 9.17) is 0 Å². The summed E-state index contributed by atoms with van der Waals surface area (Å²) in [6.07, 6.45) is 1.72. The molecular formula is C21H20N4O3. The molecule has 0 saturated heterocycles. The molecule has 0 radical (unpaired) electrons. The van der Waals surface area contributed by atoms with Gasteiger partial charge in [0.05, 0.1) is 11.8 Å². The zero-order valence-electron chi connectivity index (χ0n) is 15.8. The number of hydrogen-bond donors (Lipinski definition) is 3. The van der Waals surface area contributed by atoms with Gasteiger partial charge in [-0.05, 0) is 43.2 Å². The van der Waals surface area contributed by atoms with Gasteiger partial charge in [-0.15, -0.1) is 0 Å². The molecule has 0 saturated carbocycles. The van der Waals surface area contributed by atoms with E-state index in [9.17, 15) is 14.7 Å². The lowest BCUT2D eigenvalue weighted by Gasteiger charge is -2.20. The number of aromatic amines is 1. The van der Waals surface area contributed by atoms with Crippen LogP contribution in [0.15, 0.2) is 47.4 Å². The van der Waals surface area contributed by atoms with Crippen LogP contribution in [0.4, 0.5) is 5.69 Å². The quantitative estimate of drug-likeness (QED) is 0.505. The van der Waals surface area contributed by atoms with E-state index in [1.165, 1.54) is 0 Å². The normalized spacial score (nSPS) is 12.4. The Hall–Kier alpha value is -3.61. The van der Waals surface area contributed by atoms with Gasteiger partial charge < -0.3 is 10.4 Å². The number of nitrogens with one attached hydrogen (secondary N) is 2. The van der Waals surface area contributed by atoms with Crippen LogP contribution in [0.2, 0.25) is 0 Å². The highest BCUT2D eigenvalue weighted by atomic mass is 16.4. The number of carbonyl (C=O) groups is 1. The summed E-state index contributed by atoms with van der Waals surface area (Å²) < 4.78 is 1.56. The van der Waals surface area contributed by atoms with Crippen LogP contribution in [0.25, 0.3) is 21.8 Å². The van der Waals surface area contributed by atoms with Gasteiger partial charge in [-0.1, -0.05) is 18.2 Å². The lowest BCUT2D eigenvalue weighted by Crippen LogP contribution is -2.19. The molecule has 4 rings (SSSR count). The molecule has 142 valence electrons. The van der Waals surface area contributed by atoms with Gasteiger partial charge in [0.2, 0.25) is 0 Å². The van der Waals surface area contributed by atoms with E-state index in [1.807, 2.05) is 26.0 Å². The van der Waals surface area contributed by atoms with Crippen molar-refractivity contribution in [2.45, 2.75) is 19.9 Å².